The normalized spacial score (nSPS) is 18.0. The summed E-state index contributed by atoms with van der Waals surface area (Å²) < 4.78 is 50.9. The van der Waals surface area contributed by atoms with Gasteiger partial charge in [-0.1, -0.05) is 6.92 Å². The first kappa shape index (κ1) is 18.0. The van der Waals surface area contributed by atoms with Crippen molar-refractivity contribution in [2.45, 2.75) is 32.0 Å². The maximum atomic E-state index is 13.4. The molecule has 3 amide bonds. The van der Waals surface area contributed by atoms with Gasteiger partial charge in [0, 0.05) is 25.2 Å². The lowest BCUT2D eigenvalue weighted by Crippen LogP contribution is -2.39. The topological polar surface area (TPSA) is 61.4 Å². The molecule has 0 aromatic heterocycles. The second-order valence-corrected chi connectivity index (χ2v) is 5.53. The molecule has 1 saturated heterocycles. The molecule has 2 rings (SSSR count). The zero-order chi connectivity index (χ0) is 17.9. The fourth-order valence-corrected chi connectivity index (χ4v) is 2.53. The number of rotatable bonds is 4. The highest BCUT2D eigenvalue weighted by Crippen LogP contribution is 2.32. The van der Waals surface area contributed by atoms with Crippen LogP contribution in [-0.4, -0.2) is 36.0 Å². The van der Waals surface area contributed by atoms with Gasteiger partial charge in [-0.15, -0.1) is 0 Å². The van der Waals surface area contributed by atoms with Crippen LogP contribution in [0, 0.1) is 5.82 Å². The Hall–Kier alpha value is -2.32. The Morgan fingerprint density at radius 1 is 1.38 bits per heavy atom. The third-order valence-electron chi connectivity index (χ3n) is 3.58. The van der Waals surface area contributed by atoms with E-state index < -0.39 is 23.6 Å². The number of likely N-dealkylation sites (tertiary alicyclic amines) is 1. The molecule has 0 saturated carbocycles. The largest absolute Gasteiger partial charge is 0.419 e. The number of carbonyl (C=O) groups excluding carboxylic acids is 2. The van der Waals surface area contributed by atoms with Gasteiger partial charge in [0.15, 0.2) is 0 Å². The van der Waals surface area contributed by atoms with Gasteiger partial charge in [-0.25, -0.2) is 9.18 Å². The van der Waals surface area contributed by atoms with Crippen LogP contribution >= 0.6 is 0 Å². The fourth-order valence-electron chi connectivity index (χ4n) is 2.53. The highest BCUT2D eigenvalue weighted by Gasteiger charge is 2.34. The molecule has 5 nitrogen and oxygen atoms in total. The molecule has 1 heterocycles. The van der Waals surface area contributed by atoms with Crippen LogP contribution < -0.4 is 10.6 Å². The van der Waals surface area contributed by atoms with E-state index in [9.17, 15) is 27.2 Å². The summed E-state index contributed by atoms with van der Waals surface area (Å²) in [5, 5.41) is 4.82. The predicted octanol–water partition coefficient (Wildman–Crippen LogP) is 2.98. The van der Waals surface area contributed by atoms with E-state index in [2.05, 4.69) is 10.6 Å². The van der Waals surface area contributed by atoms with Crippen LogP contribution in [0.2, 0.25) is 0 Å². The maximum absolute atomic E-state index is 13.4. The SMILES string of the molecule is CCCN1C[C@H](NC(=O)Nc2ccc(C(F)(F)F)c(F)c2)CC1=O. The molecule has 1 atom stereocenters. The molecule has 1 aromatic carbocycles. The molecule has 2 N–H and O–H groups in total. The number of nitrogens with one attached hydrogen (secondary N) is 2. The van der Waals surface area contributed by atoms with Crippen LogP contribution in [0.15, 0.2) is 18.2 Å². The van der Waals surface area contributed by atoms with Gasteiger partial charge in [0.25, 0.3) is 0 Å². The molecular formula is C15H17F4N3O2. The Bertz CT molecular complexity index is 634. The first-order chi connectivity index (χ1) is 11.2. The Balaban J connectivity index is 1.94. The minimum Gasteiger partial charge on any atom is -0.341 e. The van der Waals surface area contributed by atoms with Crippen molar-refractivity contribution in [1.82, 2.24) is 10.2 Å². The highest BCUT2D eigenvalue weighted by atomic mass is 19.4. The lowest BCUT2D eigenvalue weighted by Gasteiger charge is -2.16. The molecule has 0 aliphatic carbocycles. The molecule has 0 radical (unpaired) electrons. The number of amides is 3. The monoisotopic (exact) mass is 347 g/mol. The van der Waals surface area contributed by atoms with Crippen LogP contribution in [0.1, 0.15) is 25.3 Å². The van der Waals surface area contributed by atoms with E-state index in [0.29, 0.717) is 25.2 Å². The Morgan fingerprint density at radius 3 is 2.67 bits per heavy atom. The minimum atomic E-state index is -4.79. The van der Waals surface area contributed by atoms with Gasteiger partial charge in [-0.2, -0.15) is 13.2 Å². The smallest absolute Gasteiger partial charge is 0.341 e. The van der Waals surface area contributed by atoms with Gasteiger partial charge < -0.3 is 15.5 Å². The van der Waals surface area contributed by atoms with E-state index in [4.69, 9.17) is 0 Å². The molecule has 1 aromatic rings. The van der Waals surface area contributed by atoms with Gasteiger partial charge in [0.1, 0.15) is 5.82 Å². The van der Waals surface area contributed by atoms with Crippen molar-refractivity contribution < 1.29 is 27.2 Å². The molecule has 0 unspecified atom stereocenters. The van der Waals surface area contributed by atoms with Gasteiger partial charge >= 0.3 is 12.2 Å². The number of carbonyl (C=O) groups is 2. The molecule has 24 heavy (non-hydrogen) atoms. The molecule has 9 heteroatoms. The Morgan fingerprint density at radius 2 is 2.08 bits per heavy atom. The second kappa shape index (κ2) is 7.06. The van der Waals surface area contributed by atoms with E-state index >= 15 is 0 Å². The van der Waals surface area contributed by atoms with Crippen LogP contribution in [0.5, 0.6) is 0 Å². The van der Waals surface area contributed by atoms with Crippen LogP contribution in [-0.2, 0) is 11.0 Å². The van der Waals surface area contributed by atoms with E-state index in [1.54, 1.807) is 4.90 Å². The minimum absolute atomic E-state index is 0.0669. The molecule has 0 spiro atoms. The zero-order valence-electron chi connectivity index (χ0n) is 12.9. The number of hydrogen-bond donors (Lipinski definition) is 2. The van der Waals surface area contributed by atoms with E-state index in [1.807, 2.05) is 6.92 Å². The van der Waals surface area contributed by atoms with Gasteiger partial charge in [-0.3, -0.25) is 4.79 Å². The van der Waals surface area contributed by atoms with Crippen molar-refractivity contribution in [3.63, 3.8) is 0 Å². The molecule has 1 aliphatic heterocycles. The van der Waals surface area contributed by atoms with E-state index in [0.717, 1.165) is 12.5 Å². The summed E-state index contributed by atoms with van der Waals surface area (Å²) in [6.07, 6.45) is -3.83. The third-order valence-corrected chi connectivity index (χ3v) is 3.58. The van der Waals surface area contributed by atoms with Crippen molar-refractivity contribution in [1.29, 1.82) is 0 Å². The van der Waals surface area contributed by atoms with Crippen molar-refractivity contribution in [3.05, 3.63) is 29.6 Å². The van der Waals surface area contributed by atoms with Crippen molar-refractivity contribution >= 4 is 17.6 Å². The maximum Gasteiger partial charge on any atom is 0.419 e. The van der Waals surface area contributed by atoms with E-state index in [-0.39, 0.29) is 24.1 Å². The number of urea groups is 1. The van der Waals surface area contributed by atoms with E-state index in [1.165, 1.54) is 0 Å². The summed E-state index contributed by atoms with van der Waals surface area (Å²) in [5.41, 5.74) is -1.50. The quantitative estimate of drug-likeness (QED) is 0.823. The second-order valence-electron chi connectivity index (χ2n) is 5.53. The predicted molar refractivity (Wildman–Crippen MR) is 78.8 cm³/mol. The summed E-state index contributed by atoms with van der Waals surface area (Å²) in [5.74, 6) is -1.53. The number of alkyl halides is 3. The molecule has 1 fully saturated rings. The Labute approximate surface area is 136 Å². The summed E-state index contributed by atoms with van der Waals surface area (Å²) >= 11 is 0. The fraction of sp³-hybridized carbons (Fsp3) is 0.467. The van der Waals surface area contributed by atoms with Crippen molar-refractivity contribution in [2.24, 2.45) is 0 Å². The Kier molecular flexibility index (Phi) is 5.30. The first-order valence-electron chi connectivity index (χ1n) is 7.42. The zero-order valence-corrected chi connectivity index (χ0v) is 12.9. The summed E-state index contributed by atoms with van der Waals surface area (Å²) in [7, 11) is 0. The van der Waals surface area contributed by atoms with Crippen LogP contribution in [0.4, 0.5) is 28.0 Å². The first-order valence-corrected chi connectivity index (χ1v) is 7.42. The molecule has 1 aliphatic rings. The summed E-state index contributed by atoms with van der Waals surface area (Å²) in [6.45, 7) is 2.91. The average molecular weight is 347 g/mol. The standard InChI is InChI=1S/C15H17F4N3O2/c1-2-5-22-8-10(7-13(22)23)21-14(24)20-9-3-4-11(12(16)6-9)15(17,18)19/h3-4,6,10H,2,5,7-8H2,1H3,(H2,20,21,24)/t10-/m1/s1. The lowest BCUT2D eigenvalue weighted by molar-refractivity contribution is -0.140. The molecule has 0 bridgehead atoms. The molecular weight excluding hydrogens is 330 g/mol. The number of nitrogens with zero attached hydrogens (tertiary/aromatic N) is 1. The number of hydrogen-bond acceptors (Lipinski definition) is 2. The number of anilines is 1. The van der Waals surface area contributed by atoms with Crippen molar-refractivity contribution in [3.8, 4) is 0 Å². The van der Waals surface area contributed by atoms with Gasteiger partial charge in [0.2, 0.25) is 5.91 Å². The van der Waals surface area contributed by atoms with Crippen LogP contribution in [0.25, 0.3) is 0 Å². The molecule has 132 valence electrons. The van der Waals surface area contributed by atoms with Gasteiger partial charge in [-0.05, 0) is 24.6 Å². The van der Waals surface area contributed by atoms with Crippen LogP contribution in [0.3, 0.4) is 0 Å². The lowest BCUT2D eigenvalue weighted by atomic mass is 10.2. The average Bonchev–Trinajstić information content (AvgIpc) is 2.77. The van der Waals surface area contributed by atoms with Gasteiger partial charge in [0.05, 0.1) is 11.6 Å². The third kappa shape index (κ3) is 4.36. The summed E-state index contributed by atoms with van der Waals surface area (Å²) in [6, 6.07) is 1.04. The summed E-state index contributed by atoms with van der Waals surface area (Å²) in [4.78, 5) is 25.2. The number of benzene rings is 1. The number of halogens is 4. The van der Waals surface area contributed by atoms with Crippen molar-refractivity contribution in [2.75, 3.05) is 18.4 Å². The highest BCUT2D eigenvalue weighted by molar-refractivity contribution is 5.90.